The molecule has 7 heteroatoms. The molecule has 1 aromatic rings. The molecule has 0 unspecified atom stereocenters. The van der Waals surface area contributed by atoms with Crippen molar-refractivity contribution in [3.63, 3.8) is 0 Å². The number of anilines is 2. The number of hydrogen-bond donors (Lipinski definition) is 3. The van der Waals surface area contributed by atoms with Crippen molar-refractivity contribution in [2.75, 3.05) is 30.8 Å². The van der Waals surface area contributed by atoms with Crippen molar-refractivity contribution in [2.24, 2.45) is 0 Å². The summed E-state index contributed by atoms with van der Waals surface area (Å²) in [4.78, 5) is 2.17. The third-order valence-electron chi connectivity index (χ3n) is 3.07. The van der Waals surface area contributed by atoms with Gasteiger partial charge < -0.3 is 15.7 Å². The summed E-state index contributed by atoms with van der Waals surface area (Å²) in [5, 5.41) is 8.97. The van der Waals surface area contributed by atoms with Gasteiger partial charge in [0, 0.05) is 19.2 Å². The van der Waals surface area contributed by atoms with E-state index in [0.29, 0.717) is 24.3 Å². The fraction of sp³-hybridized carbons (Fsp3) is 0.538. The summed E-state index contributed by atoms with van der Waals surface area (Å²) in [6, 6.07) is 4.79. The fourth-order valence-corrected chi connectivity index (χ4v) is 2.70. The maximum Gasteiger partial charge on any atom is 0.240 e. The van der Waals surface area contributed by atoms with Gasteiger partial charge in [-0.05, 0) is 45.5 Å². The third kappa shape index (κ3) is 3.84. The highest BCUT2D eigenvalue weighted by Gasteiger charge is 2.18. The molecule has 0 aromatic heterocycles. The molecule has 0 heterocycles. The molecular weight excluding hydrogens is 278 g/mol. The summed E-state index contributed by atoms with van der Waals surface area (Å²) >= 11 is 0. The number of hydrogen-bond acceptors (Lipinski definition) is 5. The number of sulfonamides is 1. The quantitative estimate of drug-likeness (QED) is 0.647. The Morgan fingerprint density at radius 3 is 2.55 bits per heavy atom. The monoisotopic (exact) mass is 301 g/mol. The van der Waals surface area contributed by atoms with E-state index < -0.39 is 10.0 Å². The molecule has 0 aliphatic rings. The van der Waals surface area contributed by atoms with Gasteiger partial charge in [-0.25, -0.2) is 13.1 Å². The van der Waals surface area contributed by atoms with Crippen molar-refractivity contribution in [1.29, 1.82) is 0 Å². The molecule has 0 spiro atoms. The smallest absolute Gasteiger partial charge is 0.240 e. The van der Waals surface area contributed by atoms with Gasteiger partial charge in [-0.3, -0.25) is 0 Å². The van der Waals surface area contributed by atoms with Crippen molar-refractivity contribution in [3.05, 3.63) is 18.2 Å². The van der Waals surface area contributed by atoms with Crippen LogP contribution in [0.3, 0.4) is 0 Å². The van der Waals surface area contributed by atoms with Gasteiger partial charge in [0.05, 0.1) is 16.3 Å². The molecule has 0 amide bonds. The summed E-state index contributed by atoms with van der Waals surface area (Å²) < 4.78 is 26.0. The number of benzene rings is 1. The van der Waals surface area contributed by atoms with Crippen LogP contribution in [0.2, 0.25) is 0 Å². The second-order valence-electron chi connectivity index (χ2n) is 4.79. The maximum atomic E-state index is 11.9. The minimum atomic E-state index is -3.50. The molecule has 114 valence electrons. The first kappa shape index (κ1) is 16.7. The van der Waals surface area contributed by atoms with E-state index in [1.54, 1.807) is 12.1 Å². The Hall–Kier alpha value is -1.31. The van der Waals surface area contributed by atoms with Crippen molar-refractivity contribution in [2.45, 2.75) is 31.2 Å². The minimum absolute atomic E-state index is 0.0810. The Kier molecular flexibility index (Phi) is 5.79. The van der Waals surface area contributed by atoms with Gasteiger partial charge in [-0.15, -0.1) is 0 Å². The topological polar surface area (TPSA) is 95.7 Å². The molecular formula is C13H23N3O3S. The third-order valence-corrected chi connectivity index (χ3v) is 4.48. The van der Waals surface area contributed by atoms with E-state index in [2.05, 4.69) is 4.72 Å². The summed E-state index contributed by atoms with van der Waals surface area (Å²) in [6.07, 6.45) is 0.598. The van der Waals surface area contributed by atoms with Gasteiger partial charge in [-0.2, -0.15) is 0 Å². The van der Waals surface area contributed by atoms with Crippen molar-refractivity contribution in [3.8, 4) is 0 Å². The molecule has 0 aliphatic carbocycles. The number of nitrogen functional groups attached to an aromatic ring is 1. The van der Waals surface area contributed by atoms with E-state index in [4.69, 9.17) is 10.8 Å². The predicted molar refractivity (Wildman–Crippen MR) is 81.3 cm³/mol. The van der Waals surface area contributed by atoms with Gasteiger partial charge in [0.1, 0.15) is 0 Å². The number of nitrogens with zero attached hydrogens (tertiary/aromatic N) is 1. The van der Waals surface area contributed by atoms with E-state index in [-0.39, 0.29) is 17.5 Å². The second kappa shape index (κ2) is 6.92. The molecule has 4 N–H and O–H groups in total. The molecule has 0 saturated carbocycles. The van der Waals surface area contributed by atoms with Crippen LogP contribution in [0.1, 0.15) is 20.3 Å². The Labute approximate surface area is 120 Å². The lowest BCUT2D eigenvalue weighted by molar-refractivity contribution is 0.288. The molecule has 0 atom stereocenters. The van der Waals surface area contributed by atoms with Crippen LogP contribution in [0, 0.1) is 0 Å². The first-order valence-corrected chi connectivity index (χ1v) is 8.02. The number of aliphatic hydroxyl groups excluding tert-OH is 1. The summed E-state index contributed by atoms with van der Waals surface area (Å²) in [5.41, 5.74) is 7.16. The number of aliphatic hydroxyl groups is 1. The van der Waals surface area contributed by atoms with Crippen LogP contribution in [0.5, 0.6) is 0 Å². The molecule has 1 rings (SSSR count). The molecule has 20 heavy (non-hydrogen) atoms. The second-order valence-corrected chi connectivity index (χ2v) is 6.68. The zero-order chi connectivity index (χ0) is 15.3. The number of nitrogens with one attached hydrogen (secondary N) is 1. The zero-order valence-electron chi connectivity index (χ0n) is 12.1. The highest BCUT2D eigenvalue weighted by Crippen LogP contribution is 2.28. The molecule has 0 saturated heterocycles. The van der Waals surface area contributed by atoms with Gasteiger partial charge in [-0.1, -0.05) is 0 Å². The van der Waals surface area contributed by atoms with E-state index in [0.717, 1.165) is 0 Å². The number of rotatable bonds is 7. The molecule has 0 aliphatic heterocycles. The lowest BCUT2D eigenvalue weighted by Crippen LogP contribution is -2.33. The van der Waals surface area contributed by atoms with Gasteiger partial charge >= 0.3 is 0 Å². The molecule has 1 aromatic carbocycles. The standard InChI is InChI=1S/C13H23N3O3S/c1-10(2)16(7-4-8-17)13-9-11(5-6-12(13)14)20(18,19)15-3/h5-6,9-10,15,17H,4,7-8,14H2,1-3H3. The van der Waals surface area contributed by atoms with Crippen molar-refractivity contribution < 1.29 is 13.5 Å². The minimum Gasteiger partial charge on any atom is -0.397 e. The lowest BCUT2D eigenvalue weighted by atomic mass is 10.2. The normalized spacial score (nSPS) is 11.8. The Balaban J connectivity index is 3.24. The van der Waals surface area contributed by atoms with E-state index in [1.165, 1.54) is 13.1 Å². The highest BCUT2D eigenvalue weighted by molar-refractivity contribution is 7.89. The molecule has 6 nitrogen and oxygen atoms in total. The fourth-order valence-electron chi connectivity index (χ4n) is 1.96. The van der Waals surface area contributed by atoms with Crippen LogP contribution < -0.4 is 15.4 Å². The lowest BCUT2D eigenvalue weighted by Gasteiger charge is -2.30. The maximum absolute atomic E-state index is 11.9. The number of nitrogens with two attached hydrogens (primary N) is 1. The molecule has 0 radical (unpaired) electrons. The average molecular weight is 301 g/mol. The van der Waals surface area contributed by atoms with Crippen LogP contribution in [0.25, 0.3) is 0 Å². The van der Waals surface area contributed by atoms with E-state index in [1.807, 2.05) is 18.7 Å². The van der Waals surface area contributed by atoms with Crippen LogP contribution in [0.4, 0.5) is 11.4 Å². The van der Waals surface area contributed by atoms with Gasteiger partial charge in [0.15, 0.2) is 0 Å². The first-order valence-electron chi connectivity index (χ1n) is 6.54. The van der Waals surface area contributed by atoms with Crippen LogP contribution >= 0.6 is 0 Å². The van der Waals surface area contributed by atoms with E-state index in [9.17, 15) is 8.42 Å². The Morgan fingerprint density at radius 1 is 1.40 bits per heavy atom. The average Bonchev–Trinajstić information content (AvgIpc) is 2.40. The zero-order valence-corrected chi connectivity index (χ0v) is 12.9. The summed E-state index contributed by atoms with van der Waals surface area (Å²) in [5.74, 6) is 0. The predicted octanol–water partition coefficient (Wildman–Crippen LogP) is 0.774. The Bertz CT molecular complexity index is 544. The summed E-state index contributed by atoms with van der Waals surface area (Å²) in [6.45, 7) is 4.69. The SMILES string of the molecule is CNS(=O)(=O)c1ccc(N)c(N(CCCO)C(C)C)c1. The Morgan fingerprint density at radius 2 is 2.05 bits per heavy atom. The molecule has 0 bridgehead atoms. The largest absolute Gasteiger partial charge is 0.397 e. The van der Waals surface area contributed by atoms with Crippen LogP contribution in [-0.4, -0.2) is 39.8 Å². The molecule has 0 fully saturated rings. The van der Waals surface area contributed by atoms with E-state index >= 15 is 0 Å². The van der Waals surface area contributed by atoms with Gasteiger partial charge in [0.25, 0.3) is 0 Å². The van der Waals surface area contributed by atoms with Crippen molar-refractivity contribution in [1.82, 2.24) is 4.72 Å². The van der Waals surface area contributed by atoms with Crippen molar-refractivity contribution >= 4 is 21.4 Å². The van der Waals surface area contributed by atoms with Crippen LogP contribution in [-0.2, 0) is 10.0 Å². The van der Waals surface area contributed by atoms with Gasteiger partial charge in [0.2, 0.25) is 10.0 Å². The van der Waals surface area contributed by atoms with Crippen LogP contribution in [0.15, 0.2) is 23.1 Å². The summed E-state index contributed by atoms with van der Waals surface area (Å²) in [7, 11) is -2.13. The first-order chi connectivity index (χ1) is 9.33. The highest BCUT2D eigenvalue weighted by atomic mass is 32.2.